The third-order valence-corrected chi connectivity index (χ3v) is 10.0. The van der Waals surface area contributed by atoms with E-state index in [1.807, 2.05) is 75.8 Å². The minimum Gasteiger partial charge on any atom is -0.391 e. The van der Waals surface area contributed by atoms with Crippen LogP contribution < -0.4 is 16.0 Å². The maximum absolute atomic E-state index is 14.1. The molecule has 2 aliphatic heterocycles. The fraction of sp³-hybridized carbons (Fsp3) is 0.441. The summed E-state index contributed by atoms with van der Waals surface area (Å²) in [6.07, 6.45) is 5.74. The number of amides is 2. The van der Waals surface area contributed by atoms with Crippen LogP contribution in [0.25, 0.3) is 21.6 Å². The van der Waals surface area contributed by atoms with Crippen LogP contribution in [0.2, 0.25) is 0 Å². The number of β-amino-alcohol motifs (C(OH)–C–C–N with tert-alkyl or cyclic N) is 1. The second-order valence-electron chi connectivity index (χ2n) is 12.8. The number of carbonyl (C=O) groups is 2. The number of hydrogen-bond acceptors (Lipinski definition) is 9. The molecule has 46 heavy (non-hydrogen) atoms. The summed E-state index contributed by atoms with van der Waals surface area (Å²) >= 11 is 1.60. The molecule has 5 heterocycles. The molecule has 1 aromatic carbocycles. The number of benzene rings is 1. The highest BCUT2D eigenvalue weighted by atomic mass is 32.1. The number of thiazole rings is 1. The van der Waals surface area contributed by atoms with E-state index >= 15 is 0 Å². The Labute approximate surface area is 273 Å². The highest BCUT2D eigenvalue weighted by Crippen LogP contribution is 2.31. The Bertz CT molecular complexity index is 1690. The van der Waals surface area contributed by atoms with E-state index in [1.165, 1.54) is 4.90 Å². The Hall–Kier alpha value is -4.13. The van der Waals surface area contributed by atoms with Gasteiger partial charge in [-0.15, -0.1) is 11.3 Å². The molecule has 0 spiro atoms. The Balaban J connectivity index is 1.16. The van der Waals surface area contributed by atoms with E-state index in [4.69, 9.17) is 5.73 Å². The number of aliphatic hydroxyl groups is 1. The SMILES string of the molecule is Cc1ncsc1-c1ccc([C@H](C)NC(=O)[C@@H]2C[C@@H](O)CN2C(=O)C(C(C)C)n2cc(-c3ccnc(N4CCC(N)C4)c3)cn2)cc1. The van der Waals surface area contributed by atoms with E-state index in [0.29, 0.717) is 0 Å². The zero-order valence-electron chi connectivity index (χ0n) is 26.7. The Morgan fingerprint density at radius 2 is 1.85 bits per heavy atom. The lowest BCUT2D eigenvalue weighted by atomic mass is 10.0. The number of rotatable bonds is 9. The first-order valence-corrected chi connectivity index (χ1v) is 16.8. The fourth-order valence-electron chi connectivity index (χ4n) is 6.48. The van der Waals surface area contributed by atoms with Gasteiger partial charge in [-0.2, -0.15) is 5.10 Å². The first-order chi connectivity index (χ1) is 22.1. The molecule has 0 radical (unpaired) electrons. The number of likely N-dealkylation sites (tertiary alicyclic amines) is 1. The first-order valence-electron chi connectivity index (χ1n) is 15.9. The second kappa shape index (κ2) is 13.3. The number of nitrogens with two attached hydrogens (primary N) is 1. The summed E-state index contributed by atoms with van der Waals surface area (Å²) in [5.74, 6) is 0.240. The summed E-state index contributed by atoms with van der Waals surface area (Å²) in [6, 6.07) is 10.5. The van der Waals surface area contributed by atoms with Crippen molar-refractivity contribution in [2.24, 2.45) is 11.7 Å². The molecule has 3 aromatic heterocycles. The summed E-state index contributed by atoms with van der Waals surface area (Å²) in [5, 5.41) is 18.3. The topological polar surface area (TPSA) is 142 Å². The summed E-state index contributed by atoms with van der Waals surface area (Å²) < 4.78 is 1.68. The van der Waals surface area contributed by atoms with Gasteiger partial charge < -0.3 is 26.0 Å². The van der Waals surface area contributed by atoms with Crippen molar-refractivity contribution in [2.45, 2.75) is 70.8 Å². The van der Waals surface area contributed by atoms with Gasteiger partial charge in [-0.1, -0.05) is 38.1 Å². The van der Waals surface area contributed by atoms with E-state index in [-0.39, 0.29) is 42.8 Å². The molecule has 0 aliphatic carbocycles. The molecule has 4 aromatic rings. The van der Waals surface area contributed by atoms with Gasteiger partial charge in [-0.05, 0) is 55.0 Å². The molecule has 0 saturated carbocycles. The van der Waals surface area contributed by atoms with E-state index in [0.717, 1.165) is 58.2 Å². The van der Waals surface area contributed by atoms with Gasteiger partial charge >= 0.3 is 0 Å². The zero-order valence-corrected chi connectivity index (χ0v) is 27.5. The highest BCUT2D eigenvalue weighted by molar-refractivity contribution is 7.13. The second-order valence-corrected chi connectivity index (χ2v) is 13.7. The number of pyridine rings is 1. The molecule has 12 heteroatoms. The minimum atomic E-state index is -0.785. The molecule has 5 atom stereocenters. The lowest BCUT2D eigenvalue weighted by Crippen LogP contribution is -2.49. The lowest BCUT2D eigenvalue weighted by molar-refractivity contribution is -0.142. The smallest absolute Gasteiger partial charge is 0.248 e. The van der Waals surface area contributed by atoms with Crippen LogP contribution >= 0.6 is 11.3 Å². The van der Waals surface area contributed by atoms with E-state index < -0.39 is 18.2 Å². The van der Waals surface area contributed by atoms with Crippen molar-refractivity contribution >= 4 is 29.0 Å². The third kappa shape index (κ3) is 6.55. The normalized spacial score (nSPS) is 21.2. The average molecular weight is 643 g/mol. The summed E-state index contributed by atoms with van der Waals surface area (Å²) in [6.45, 7) is 9.58. The number of carbonyl (C=O) groups excluding carboxylic acids is 2. The van der Waals surface area contributed by atoms with Crippen molar-refractivity contribution in [3.63, 3.8) is 0 Å². The molecule has 4 N–H and O–H groups in total. The van der Waals surface area contributed by atoms with E-state index in [2.05, 4.69) is 25.3 Å². The molecule has 11 nitrogen and oxygen atoms in total. The van der Waals surface area contributed by atoms with Crippen molar-refractivity contribution < 1.29 is 14.7 Å². The van der Waals surface area contributed by atoms with Crippen LogP contribution in [0.4, 0.5) is 5.82 Å². The Kier molecular flexibility index (Phi) is 9.21. The van der Waals surface area contributed by atoms with Crippen LogP contribution in [0, 0.1) is 12.8 Å². The van der Waals surface area contributed by atoms with Gasteiger partial charge in [0, 0.05) is 50.1 Å². The van der Waals surface area contributed by atoms with Crippen LogP contribution in [0.1, 0.15) is 57.0 Å². The summed E-state index contributed by atoms with van der Waals surface area (Å²) in [7, 11) is 0. The number of aryl methyl sites for hydroxylation is 1. The molecule has 2 fully saturated rings. The maximum atomic E-state index is 14.1. The maximum Gasteiger partial charge on any atom is 0.248 e. The molecule has 2 unspecified atom stereocenters. The van der Waals surface area contributed by atoms with Crippen LogP contribution in [0.15, 0.2) is 60.5 Å². The minimum absolute atomic E-state index is 0.0945. The number of nitrogens with zero attached hydrogens (tertiary/aromatic N) is 6. The van der Waals surface area contributed by atoms with Crippen molar-refractivity contribution in [3.05, 3.63) is 71.8 Å². The van der Waals surface area contributed by atoms with E-state index in [9.17, 15) is 14.7 Å². The molecule has 0 bridgehead atoms. The van der Waals surface area contributed by atoms with Gasteiger partial charge in [0.2, 0.25) is 11.8 Å². The van der Waals surface area contributed by atoms with Gasteiger partial charge in [-0.3, -0.25) is 14.3 Å². The predicted octanol–water partition coefficient (Wildman–Crippen LogP) is 3.95. The van der Waals surface area contributed by atoms with Gasteiger partial charge in [0.1, 0.15) is 17.9 Å². The molecule has 2 aliphatic rings. The average Bonchev–Trinajstić information content (AvgIpc) is 3.85. The molecule has 2 saturated heterocycles. The number of hydrogen-bond donors (Lipinski definition) is 3. The van der Waals surface area contributed by atoms with Crippen LogP contribution in [-0.2, 0) is 9.59 Å². The third-order valence-electron chi connectivity index (χ3n) is 9.04. The number of anilines is 1. The Morgan fingerprint density at radius 1 is 1.07 bits per heavy atom. The molecular weight excluding hydrogens is 600 g/mol. The Morgan fingerprint density at radius 3 is 2.52 bits per heavy atom. The summed E-state index contributed by atoms with van der Waals surface area (Å²) in [5.41, 5.74) is 12.8. The first kappa shape index (κ1) is 31.8. The van der Waals surface area contributed by atoms with Crippen molar-refractivity contribution in [2.75, 3.05) is 24.5 Å². The molecule has 6 rings (SSSR count). The lowest BCUT2D eigenvalue weighted by Gasteiger charge is -2.30. The quantitative estimate of drug-likeness (QED) is 0.249. The fourth-order valence-corrected chi connectivity index (χ4v) is 7.29. The van der Waals surface area contributed by atoms with Gasteiger partial charge in [0.05, 0.1) is 34.4 Å². The monoisotopic (exact) mass is 642 g/mol. The van der Waals surface area contributed by atoms with Crippen LogP contribution in [0.5, 0.6) is 0 Å². The van der Waals surface area contributed by atoms with Gasteiger partial charge in [-0.25, -0.2) is 9.97 Å². The highest BCUT2D eigenvalue weighted by Gasteiger charge is 2.43. The summed E-state index contributed by atoms with van der Waals surface area (Å²) in [4.78, 5) is 41.4. The van der Waals surface area contributed by atoms with Gasteiger partial charge in [0.25, 0.3) is 0 Å². The molecular formula is C34H42N8O3S. The molecule has 242 valence electrons. The largest absolute Gasteiger partial charge is 0.391 e. The van der Waals surface area contributed by atoms with Crippen LogP contribution in [-0.4, -0.2) is 79.4 Å². The number of aromatic nitrogens is 4. The number of nitrogens with one attached hydrogen (secondary N) is 1. The van der Waals surface area contributed by atoms with Crippen molar-refractivity contribution in [3.8, 4) is 21.6 Å². The molecule has 2 amide bonds. The predicted molar refractivity (Wildman–Crippen MR) is 179 cm³/mol. The number of aliphatic hydroxyl groups excluding tert-OH is 1. The van der Waals surface area contributed by atoms with E-state index in [1.54, 1.807) is 28.4 Å². The van der Waals surface area contributed by atoms with Gasteiger partial charge in [0.15, 0.2) is 0 Å². The zero-order chi connectivity index (χ0) is 32.5. The standard InChI is InChI=1S/C34H42N8O3S/c1-20(2)31(42-16-26(15-38-42)25-9-11-36-30(13-25)40-12-10-27(35)17-40)34(45)41-18-28(43)14-29(41)33(44)39-21(3)23-5-7-24(8-6-23)32-22(4)37-19-46-32/h5-9,11,13,15-16,19-21,27-29,31,43H,10,12,14,17-18,35H2,1-4H3,(H,39,44)/t21-,27?,28+,29-,31?/m0/s1. The van der Waals surface area contributed by atoms with Crippen molar-refractivity contribution in [1.29, 1.82) is 0 Å². The van der Waals surface area contributed by atoms with Crippen molar-refractivity contribution in [1.82, 2.24) is 30.0 Å². The van der Waals surface area contributed by atoms with Crippen LogP contribution in [0.3, 0.4) is 0 Å².